The minimum atomic E-state index is -0.953. The van der Waals surface area contributed by atoms with Crippen LogP contribution in [0.5, 0.6) is 0 Å². The van der Waals surface area contributed by atoms with Gasteiger partial charge < -0.3 is 10.0 Å². The number of carbonyl (C=O) groups is 2. The number of benzene rings is 1. The fourth-order valence-electron chi connectivity index (χ4n) is 4.15. The van der Waals surface area contributed by atoms with E-state index in [4.69, 9.17) is 11.6 Å². The molecule has 2 aliphatic rings. The van der Waals surface area contributed by atoms with E-state index in [0.717, 1.165) is 29.8 Å². The van der Waals surface area contributed by atoms with Gasteiger partial charge in [-0.2, -0.15) is 5.10 Å². The number of nitrogens with zero attached hydrogens (tertiary/aromatic N) is 3. The van der Waals surface area contributed by atoms with Gasteiger partial charge in [0.05, 0.1) is 17.9 Å². The van der Waals surface area contributed by atoms with Crippen molar-refractivity contribution in [3.63, 3.8) is 0 Å². The molecule has 1 saturated heterocycles. The zero-order valence-corrected chi connectivity index (χ0v) is 15.9. The van der Waals surface area contributed by atoms with E-state index in [1.807, 2.05) is 29.2 Å². The Morgan fingerprint density at radius 1 is 1.22 bits per heavy atom. The molecule has 27 heavy (non-hydrogen) atoms. The normalized spacial score (nSPS) is 22.7. The second-order valence-corrected chi connectivity index (χ2v) is 7.83. The molecule has 7 heteroatoms. The summed E-state index contributed by atoms with van der Waals surface area (Å²) >= 11 is 6.26. The minimum Gasteiger partial charge on any atom is -0.478 e. The second-order valence-electron chi connectivity index (χ2n) is 7.42. The highest BCUT2D eigenvalue weighted by Gasteiger charge is 2.47. The van der Waals surface area contributed by atoms with E-state index in [2.05, 4.69) is 5.10 Å². The summed E-state index contributed by atoms with van der Waals surface area (Å²) in [4.78, 5) is 26.0. The van der Waals surface area contributed by atoms with E-state index in [1.165, 1.54) is 6.20 Å². The van der Waals surface area contributed by atoms with Gasteiger partial charge in [-0.1, -0.05) is 29.8 Å². The maximum Gasteiger partial charge on any atom is 0.339 e. The van der Waals surface area contributed by atoms with Gasteiger partial charge in [-0.25, -0.2) is 4.79 Å². The zero-order chi connectivity index (χ0) is 19.1. The third-order valence-corrected chi connectivity index (χ3v) is 6.15. The van der Waals surface area contributed by atoms with Crippen LogP contribution in [0.4, 0.5) is 0 Å². The summed E-state index contributed by atoms with van der Waals surface area (Å²) in [5.41, 5.74) is 1.99. The highest BCUT2D eigenvalue weighted by atomic mass is 35.5. The Balaban J connectivity index is 1.37. The largest absolute Gasteiger partial charge is 0.478 e. The van der Waals surface area contributed by atoms with Gasteiger partial charge in [0.1, 0.15) is 5.56 Å². The summed E-state index contributed by atoms with van der Waals surface area (Å²) in [7, 11) is 0. The summed E-state index contributed by atoms with van der Waals surface area (Å²) in [6, 6.07) is 7.89. The average Bonchev–Trinajstić information content (AvgIpc) is 3.36. The lowest BCUT2D eigenvalue weighted by Gasteiger charge is -2.33. The van der Waals surface area contributed by atoms with Crippen molar-refractivity contribution in [2.75, 3.05) is 13.1 Å². The third-order valence-electron chi connectivity index (χ3n) is 5.81. The van der Waals surface area contributed by atoms with Crippen molar-refractivity contribution in [1.29, 1.82) is 0 Å². The molecule has 0 spiro atoms. The fraction of sp³-hybridized carbons (Fsp3) is 0.450. The van der Waals surface area contributed by atoms with Crippen LogP contribution in [0, 0.1) is 12.8 Å². The van der Waals surface area contributed by atoms with Crippen LogP contribution in [0.25, 0.3) is 0 Å². The number of aromatic carboxylic acids is 1. The van der Waals surface area contributed by atoms with Crippen molar-refractivity contribution in [1.82, 2.24) is 14.7 Å². The summed E-state index contributed by atoms with van der Waals surface area (Å²) in [5, 5.41) is 14.2. The molecule has 1 aromatic carbocycles. The molecule has 6 nitrogen and oxygen atoms in total. The van der Waals surface area contributed by atoms with Crippen molar-refractivity contribution < 1.29 is 14.7 Å². The van der Waals surface area contributed by atoms with Gasteiger partial charge in [-0.3, -0.25) is 9.48 Å². The standard InChI is InChI=1S/C20H22ClN3O3/c1-12-17(20(26)27)11-22-24(12)13-6-8-23(9-7-13)19(25)16-10-15(16)14-4-2-3-5-18(14)21/h2-5,11,13,15-16H,6-10H2,1H3,(H,26,27). The Morgan fingerprint density at radius 2 is 1.93 bits per heavy atom. The Kier molecular flexibility index (Phi) is 4.68. The molecule has 2 unspecified atom stereocenters. The SMILES string of the molecule is Cc1c(C(=O)O)cnn1C1CCN(C(=O)C2CC2c2ccccc2Cl)CC1. The van der Waals surface area contributed by atoms with E-state index < -0.39 is 5.97 Å². The molecule has 2 aromatic rings. The number of carbonyl (C=O) groups excluding carboxylic acids is 1. The molecule has 2 heterocycles. The van der Waals surface area contributed by atoms with E-state index >= 15 is 0 Å². The molecule has 2 atom stereocenters. The molecule has 0 bridgehead atoms. The van der Waals surface area contributed by atoms with Crippen molar-refractivity contribution in [2.45, 2.75) is 38.1 Å². The summed E-state index contributed by atoms with van der Waals surface area (Å²) in [6.45, 7) is 3.14. The molecule has 2 fully saturated rings. The van der Waals surface area contributed by atoms with Crippen LogP contribution in [0.3, 0.4) is 0 Å². The van der Waals surface area contributed by atoms with E-state index in [1.54, 1.807) is 11.6 Å². The van der Waals surface area contributed by atoms with Crippen LogP contribution >= 0.6 is 11.6 Å². The zero-order valence-electron chi connectivity index (χ0n) is 15.1. The molecule has 0 radical (unpaired) electrons. The first kappa shape index (κ1) is 18.0. The highest BCUT2D eigenvalue weighted by molar-refractivity contribution is 6.31. The molecule has 1 N–H and O–H groups in total. The maximum absolute atomic E-state index is 12.8. The van der Waals surface area contributed by atoms with Crippen molar-refractivity contribution >= 4 is 23.5 Å². The number of halogens is 1. The van der Waals surface area contributed by atoms with Crippen LogP contribution in [0.2, 0.25) is 5.02 Å². The monoisotopic (exact) mass is 387 g/mol. The number of hydrogen-bond acceptors (Lipinski definition) is 3. The molecular weight excluding hydrogens is 366 g/mol. The molecule has 1 amide bonds. The molecule has 1 aromatic heterocycles. The number of amides is 1. The van der Waals surface area contributed by atoms with Crippen molar-refractivity contribution in [3.05, 3.63) is 52.3 Å². The quantitative estimate of drug-likeness (QED) is 0.871. The Labute approximate surface area is 162 Å². The smallest absolute Gasteiger partial charge is 0.339 e. The molecular formula is C20H22ClN3O3. The van der Waals surface area contributed by atoms with Gasteiger partial charge in [0.25, 0.3) is 0 Å². The lowest BCUT2D eigenvalue weighted by molar-refractivity contribution is -0.134. The van der Waals surface area contributed by atoms with Crippen molar-refractivity contribution in [3.8, 4) is 0 Å². The topological polar surface area (TPSA) is 75.4 Å². The van der Waals surface area contributed by atoms with Crippen molar-refractivity contribution in [2.24, 2.45) is 5.92 Å². The summed E-state index contributed by atoms with van der Waals surface area (Å²) in [6.07, 6.45) is 3.85. The number of rotatable bonds is 4. The number of carboxylic acid groups (broad SMARTS) is 1. The number of aromatic nitrogens is 2. The summed E-state index contributed by atoms with van der Waals surface area (Å²) < 4.78 is 1.80. The van der Waals surface area contributed by atoms with Crippen LogP contribution < -0.4 is 0 Å². The molecule has 4 rings (SSSR count). The van der Waals surface area contributed by atoms with Crippen LogP contribution in [0.15, 0.2) is 30.5 Å². The number of carboxylic acids is 1. The van der Waals surface area contributed by atoms with Gasteiger partial charge in [-0.05, 0) is 43.7 Å². The molecule has 1 aliphatic heterocycles. The lowest BCUT2D eigenvalue weighted by atomic mass is 10.0. The minimum absolute atomic E-state index is 0.0338. The number of hydrogen-bond donors (Lipinski definition) is 1. The second kappa shape index (κ2) is 7.00. The third kappa shape index (κ3) is 3.34. The predicted octanol–water partition coefficient (Wildman–Crippen LogP) is 3.51. The van der Waals surface area contributed by atoms with Gasteiger partial charge in [-0.15, -0.1) is 0 Å². The predicted molar refractivity (Wildman–Crippen MR) is 101 cm³/mol. The van der Waals surface area contributed by atoms with Crippen LogP contribution in [0.1, 0.15) is 52.8 Å². The van der Waals surface area contributed by atoms with Gasteiger partial charge >= 0.3 is 5.97 Å². The first-order valence-electron chi connectivity index (χ1n) is 9.28. The first-order valence-corrected chi connectivity index (χ1v) is 9.65. The maximum atomic E-state index is 12.8. The first-order chi connectivity index (χ1) is 13.0. The molecule has 1 saturated carbocycles. The average molecular weight is 388 g/mol. The Morgan fingerprint density at radius 3 is 2.56 bits per heavy atom. The van der Waals surface area contributed by atoms with Gasteiger partial charge in [0.2, 0.25) is 5.91 Å². The summed E-state index contributed by atoms with van der Waals surface area (Å²) in [5.74, 6) is -0.477. The van der Waals surface area contributed by atoms with Crippen LogP contribution in [-0.2, 0) is 4.79 Å². The number of likely N-dealkylation sites (tertiary alicyclic amines) is 1. The van der Waals surface area contributed by atoms with E-state index in [0.29, 0.717) is 18.8 Å². The van der Waals surface area contributed by atoms with E-state index in [-0.39, 0.29) is 29.3 Å². The Bertz CT molecular complexity index is 886. The van der Waals surface area contributed by atoms with Gasteiger partial charge in [0.15, 0.2) is 0 Å². The van der Waals surface area contributed by atoms with Crippen LogP contribution in [-0.4, -0.2) is 44.8 Å². The molecule has 1 aliphatic carbocycles. The lowest BCUT2D eigenvalue weighted by Crippen LogP contribution is -2.40. The number of piperidine rings is 1. The Hall–Kier alpha value is -2.34. The van der Waals surface area contributed by atoms with E-state index in [9.17, 15) is 14.7 Å². The highest BCUT2D eigenvalue weighted by Crippen LogP contribution is 2.50. The van der Waals surface area contributed by atoms with Gasteiger partial charge in [0, 0.05) is 24.0 Å². The fourth-order valence-corrected chi connectivity index (χ4v) is 4.43. The molecule has 142 valence electrons.